The fraction of sp³-hybridized carbons (Fsp3) is 0.389. The quantitative estimate of drug-likeness (QED) is 0.791. The number of fused-ring (bicyclic) bond motifs is 1. The van der Waals surface area contributed by atoms with E-state index in [9.17, 15) is 14.4 Å². The van der Waals surface area contributed by atoms with Crippen molar-refractivity contribution in [1.82, 2.24) is 10.2 Å². The lowest BCUT2D eigenvalue weighted by atomic mass is 10.1. The van der Waals surface area contributed by atoms with Crippen molar-refractivity contribution in [2.45, 2.75) is 19.3 Å². The topological polar surface area (TPSA) is 75.7 Å². The molecule has 8 heteroatoms. The molecule has 1 saturated heterocycles. The zero-order valence-corrected chi connectivity index (χ0v) is 15.7. The number of halogens is 1. The monoisotopic (exact) mass is 394 g/mol. The number of thiophene rings is 1. The Balaban J connectivity index is 1.48. The molecule has 0 saturated carbocycles. The lowest BCUT2D eigenvalue weighted by Crippen LogP contribution is -2.39. The summed E-state index contributed by atoms with van der Waals surface area (Å²) in [4.78, 5) is 38.0. The molecule has 1 aliphatic rings. The van der Waals surface area contributed by atoms with Crippen LogP contribution in [0.4, 0.5) is 0 Å². The highest BCUT2D eigenvalue weighted by Gasteiger charge is 2.20. The highest BCUT2D eigenvalue weighted by Crippen LogP contribution is 2.34. The van der Waals surface area contributed by atoms with E-state index in [4.69, 9.17) is 16.3 Å². The van der Waals surface area contributed by atoms with Crippen molar-refractivity contribution >= 4 is 50.8 Å². The van der Waals surface area contributed by atoms with Crippen LogP contribution in [0.2, 0.25) is 5.02 Å². The van der Waals surface area contributed by atoms with Gasteiger partial charge in [0.05, 0.1) is 5.02 Å². The summed E-state index contributed by atoms with van der Waals surface area (Å²) >= 11 is 7.50. The molecule has 2 amide bonds. The Labute approximate surface area is 160 Å². The van der Waals surface area contributed by atoms with Gasteiger partial charge in [0.2, 0.25) is 0 Å². The third-order valence-corrected chi connectivity index (χ3v) is 5.87. The molecule has 1 aromatic carbocycles. The second-order valence-electron chi connectivity index (χ2n) is 6.03. The minimum absolute atomic E-state index is 0.197. The Morgan fingerprint density at radius 2 is 1.88 bits per heavy atom. The number of nitrogens with one attached hydrogen (secondary N) is 1. The summed E-state index contributed by atoms with van der Waals surface area (Å²) in [6, 6.07) is 7.43. The third-order valence-electron chi connectivity index (χ3n) is 4.20. The van der Waals surface area contributed by atoms with Crippen LogP contribution in [0.1, 0.15) is 28.9 Å². The number of rotatable bonds is 5. The Kier molecular flexibility index (Phi) is 6.11. The fourth-order valence-corrected chi connectivity index (χ4v) is 4.25. The first kappa shape index (κ1) is 18.7. The van der Waals surface area contributed by atoms with E-state index in [-0.39, 0.29) is 19.1 Å². The van der Waals surface area contributed by atoms with Gasteiger partial charge in [-0.2, -0.15) is 0 Å². The predicted molar refractivity (Wildman–Crippen MR) is 101 cm³/mol. The van der Waals surface area contributed by atoms with Crippen LogP contribution in [0.3, 0.4) is 0 Å². The van der Waals surface area contributed by atoms with Crippen LogP contribution < -0.4 is 5.32 Å². The molecule has 1 N–H and O–H groups in total. The summed E-state index contributed by atoms with van der Waals surface area (Å²) in [7, 11) is 0. The molecule has 138 valence electrons. The normalized spacial score (nSPS) is 14.3. The Bertz CT molecular complexity index is 830. The third kappa shape index (κ3) is 4.34. The maximum Gasteiger partial charge on any atom is 0.325 e. The van der Waals surface area contributed by atoms with E-state index in [1.807, 2.05) is 24.3 Å². The van der Waals surface area contributed by atoms with E-state index < -0.39 is 11.9 Å². The standard InChI is InChI=1S/C18H19ClN2O4S/c19-16-12-6-2-3-7-13(12)26-17(16)18(24)20-10-15(23)25-11-14(22)21-8-4-1-5-9-21/h2-3,6-7H,1,4-5,8-11H2,(H,20,24). The molecular formula is C18H19ClN2O4S. The molecule has 3 rings (SSSR count). The van der Waals surface area contributed by atoms with Crippen molar-refractivity contribution < 1.29 is 19.1 Å². The molecule has 2 heterocycles. The molecular weight excluding hydrogens is 376 g/mol. The van der Waals surface area contributed by atoms with Crippen molar-refractivity contribution in [2.75, 3.05) is 26.2 Å². The summed E-state index contributed by atoms with van der Waals surface area (Å²) in [5.41, 5.74) is 0. The Hall–Kier alpha value is -2.12. The molecule has 1 fully saturated rings. The van der Waals surface area contributed by atoms with Crippen LogP contribution in [-0.4, -0.2) is 48.9 Å². The number of ether oxygens (including phenoxy) is 1. The van der Waals surface area contributed by atoms with Crippen LogP contribution in [0.25, 0.3) is 10.1 Å². The summed E-state index contributed by atoms with van der Waals surface area (Å²) in [5.74, 6) is -1.28. The van der Waals surface area contributed by atoms with Crippen LogP contribution >= 0.6 is 22.9 Å². The molecule has 0 spiro atoms. The van der Waals surface area contributed by atoms with E-state index >= 15 is 0 Å². The SMILES string of the molecule is O=C(CNC(=O)c1sc2ccccc2c1Cl)OCC(=O)N1CCCCC1. The molecule has 0 atom stereocenters. The van der Waals surface area contributed by atoms with Gasteiger partial charge in [0.15, 0.2) is 6.61 Å². The Morgan fingerprint density at radius 3 is 2.62 bits per heavy atom. The summed E-state index contributed by atoms with van der Waals surface area (Å²) in [5, 5.41) is 3.67. The van der Waals surface area contributed by atoms with E-state index in [2.05, 4.69) is 5.32 Å². The molecule has 0 aliphatic carbocycles. The van der Waals surface area contributed by atoms with Gasteiger partial charge in [0, 0.05) is 23.2 Å². The number of esters is 1. The summed E-state index contributed by atoms with van der Waals surface area (Å²) < 4.78 is 5.86. The number of amides is 2. The number of hydrogen-bond acceptors (Lipinski definition) is 5. The van der Waals surface area contributed by atoms with Crippen LogP contribution in [0, 0.1) is 0 Å². The van der Waals surface area contributed by atoms with Crippen molar-refractivity contribution in [2.24, 2.45) is 0 Å². The minimum atomic E-state index is -0.652. The second-order valence-corrected chi connectivity index (χ2v) is 7.46. The predicted octanol–water partition coefficient (Wildman–Crippen LogP) is 2.84. The lowest BCUT2D eigenvalue weighted by molar-refractivity contribution is -0.151. The van der Waals surface area contributed by atoms with Crippen LogP contribution in [0.15, 0.2) is 24.3 Å². The lowest BCUT2D eigenvalue weighted by Gasteiger charge is -2.26. The number of likely N-dealkylation sites (tertiary alicyclic amines) is 1. The smallest absolute Gasteiger partial charge is 0.325 e. The van der Waals surface area contributed by atoms with Gasteiger partial charge < -0.3 is 15.0 Å². The first-order valence-corrected chi connectivity index (χ1v) is 9.64. The largest absolute Gasteiger partial charge is 0.454 e. The van der Waals surface area contributed by atoms with Gasteiger partial charge in [-0.3, -0.25) is 14.4 Å². The number of nitrogens with zero attached hydrogens (tertiary/aromatic N) is 1. The number of hydrogen-bond donors (Lipinski definition) is 1. The van der Waals surface area contributed by atoms with Crippen molar-refractivity contribution in [1.29, 1.82) is 0 Å². The molecule has 1 aromatic heterocycles. The van der Waals surface area contributed by atoms with E-state index in [0.717, 1.165) is 29.3 Å². The first-order chi connectivity index (χ1) is 12.6. The van der Waals surface area contributed by atoms with Gasteiger partial charge in [-0.1, -0.05) is 29.8 Å². The maximum absolute atomic E-state index is 12.3. The van der Waals surface area contributed by atoms with Crippen LogP contribution in [0.5, 0.6) is 0 Å². The van der Waals surface area contributed by atoms with Gasteiger partial charge >= 0.3 is 5.97 Å². The zero-order chi connectivity index (χ0) is 18.5. The molecule has 2 aromatic rings. The summed E-state index contributed by atoms with van der Waals surface area (Å²) in [6.07, 6.45) is 3.08. The van der Waals surface area contributed by atoms with Gasteiger partial charge in [0.1, 0.15) is 11.4 Å². The van der Waals surface area contributed by atoms with Crippen molar-refractivity contribution in [3.8, 4) is 0 Å². The van der Waals surface area contributed by atoms with Gasteiger partial charge in [-0.25, -0.2) is 0 Å². The van der Waals surface area contributed by atoms with E-state index in [0.29, 0.717) is 23.0 Å². The van der Waals surface area contributed by atoms with Gasteiger partial charge in [-0.05, 0) is 25.3 Å². The Morgan fingerprint density at radius 1 is 1.15 bits per heavy atom. The molecule has 0 bridgehead atoms. The van der Waals surface area contributed by atoms with E-state index in [1.165, 1.54) is 11.3 Å². The number of carbonyl (C=O) groups is 3. The zero-order valence-electron chi connectivity index (χ0n) is 14.1. The number of benzene rings is 1. The second kappa shape index (κ2) is 8.51. The van der Waals surface area contributed by atoms with Crippen LogP contribution in [-0.2, 0) is 14.3 Å². The van der Waals surface area contributed by atoms with Crippen molar-refractivity contribution in [3.05, 3.63) is 34.2 Å². The maximum atomic E-state index is 12.3. The minimum Gasteiger partial charge on any atom is -0.454 e. The van der Waals surface area contributed by atoms with E-state index in [1.54, 1.807) is 4.90 Å². The number of carbonyl (C=O) groups excluding carboxylic acids is 3. The average Bonchev–Trinajstić information content (AvgIpc) is 3.02. The molecule has 26 heavy (non-hydrogen) atoms. The highest BCUT2D eigenvalue weighted by atomic mass is 35.5. The van der Waals surface area contributed by atoms with Gasteiger partial charge in [0.25, 0.3) is 11.8 Å². The fourth-order valence-electron chi connectivity index (χ4n) is 2.82. The summed E-state index contributed by atoms with van der Waals surface area (Å²) in [6.45, 7) is 0.810. The average molecular weight is 395 g/mol. The van der Waals surface area contributed by atoms with Crippen molar-refractivity contribution in [3.63, 3.8) is 0 Å². The number of piperidine rings is 1. The molecule has 0 radical (unpaired) electrons. The molecule has 6 nitrogen and oxygen atoms in total. The molecule has 0 unspecified atom stereocenters. The molecule has 1 aliphatic heterocycles. The first-order valence-electron chi connectivity index (χ1n) is 8.45. The highest BCUT2D eigenvalue weighted by molar-refractivity contribution is 7.21. The van der Waals surface area contributed by atoms with Gasteiger partial charge in [-0.15, -0.1) is 11.3 Å².